The Morgan fingerprint density at radius 1 is 1.07 bits per heavy atom. The van der Waals surface area contributed by atoms with E-state index in [0.29, 0.717) is 11.8 Å². The highest BCUT2D eigenvalue weighted by Crippen LogP contribution is 2.36. The van der Waals surface area contributed by atoms with Crippen molar-refractivity contribution in [1.82, 2.24) is 10.3 Å². The molecular weight excluding hydrogens is 342 g/mol. The van der Waals surface area contributed by atoms with Crippen molar-refractivity contribution in [3.63, 3.8) is 0 Å². The number of rotatable bonds is 3. The van der Waals surface area contributed by atoms with Gasteiger partial charge < -0.3 is 24.8 Å². The molecule has 1 aromatic carbocycles. The number of hydrogen-bond donors (Lipinski definition) is 2. The summed E-state index contributed by atoms with van der Waals surface area (Å²) in [5.41, 5.74) is 0.875. The SMILES string of the molecule is O[C@@H]1C[C@H]2CNC[C@H]2C[C@H]1Oc1cccc2ccc(N3CCOCC3)nc12. The molecule has 1 saturated carbocycles. The molecular formula is C21H27N3O3. The van der Waals surface area contributed by atoms with Gasteiger partial charge in [-0.25, -0.2) is 4.98 Å². The zero-order valence-electron chi connectivity index (χ0n) is 15.5. The number of aliphatic hydroxyl groups is 1. The second kappa shape index (κ2) is 7.26. The molecule has 5 rings (SSSR count). The average Bonchev–Trinajstić information content (AvgIpc) is 3.16. The summed E-state index contributed by atoms with van der Waals surface area (Å²) >= 11 is 0. The van der Waals surface area contributed by atoms with E-state index in [1.54, 1.807) is 0 Å². The van der Waals surface area contributed by atoms with Crippen molar-refractivity contribution in [3.05, 3.63) is 30.3 Å². The first kappa shape index (κ1) is 17.2. The Kier molecular flexibility index (Phi) is 4.63. The third-order valence-electron chi connectivity index (χ3n) is 6.27. The number of aromatic nitrogens is 1. The maximum atomic E-state index is 10.6. The van der Waals surface area contributed by atoms with E-state index in [1.165, 1.54) is 0 Å². The third-order valence-corrected chi connectivity index (χ3v) is 6.27. The lowest BCUT2D eigenvalue weighted by Gasteiger charge is -2.35. The number of ether oxygens (including phenoxy) is 2. The van der Waals surface area contributed by atoms with Crippen molar-refractivity contribution in [3.8, 4) is 5.75 Å². The first-order chi connectivity index (χ1) is 13.3. The van der Waals surface area contributed by atoms with Gasteiger partial charge in [0.1, 0.15) is 23.2 Å². The van der Waals surface area contributed by atoms with Gasteiger partial charge in [-0.1, -0.05) is 12.1 Å². The highest BCUT2D eigenvalue weighted by molar-refractivity contribution is 5.86. The predicted octanol–water partition coefficient (Wildman–Crippen LogP) is 1.81. The number of anilines is 1. The highest BCUT2D eigenvalue weighted by Gasteiger charge is 2.40. The Labute approximate surface area is 159 Å². The van der Waals surface area contributed by atoms with Crippen LogP contribution in [0, 0.1) is 11.8 Å². The van der Waals surface area contributed by atoms with Crippen molar-refractivity contribution in [2.24, 2.45) is 11.8 Å². The number of pyridine rings is 1. The predicted molar refractivity (Wildman–Crippen MR) is 104 cm³/mol. The molecule has 0 bridgehead atoms. The standard InChI is InChI=1S/C21H27N3O3/c25-17-10-15-12-22-13-16(15)11-19(17)27-18-3-1-2-14-4-5-20(23-21(14)18)24-6-8-26-9-7-24/h1-5,15-17,19,22,25H,6-13H2/t15-,16+,17+,19+/m0/s1. The molecule has 1 aromatic heterocycles. The molecule has 27 heavy (non-hydrogen) atoms. The fraction of sp³-hybridized carbons (Fsp3) is 0.571. The quantitative estimate of drug-likeness (QED) is 0.860. The van der Waals surface area contributed by atoms with E-state index in [4.69, 9.17) is 14.5 Å². The van der Waals surface area contributed by atoms with Crippen LogP contribution in [0.3, 0.4) is 0 Å². The number of morpholine rings is 1. The van der Waals surface area contributed by atoms with Crippen LogP contribution in [0.25, 0.3) is 10.9 Å². The van der Waals surface area contributed by atoms with E-state index in [2.05, 4.69) is 28.4 Å². The zero-order chi connectivity index (χ0) is 18.2. The molecule has 144 valence electrons. The van der Waals surface area contributed by atoms with Crippen LogP contribution in [0.15, 0.2) is 30.3 Å². The van der Waals surface area contributed by atoms with Crippen LogP contribution in [0.1, 0.15) is 12.8 Å². The fourth-order valence-electron chi connectivity index (χ4n) is 4.72. The van der Waals surface area contributed by atoms with Gasteiger partial charge in [0.05, 0.1) is 19.3 Å². The Morgan fingerprint density at radius 2 is 1.89 bits per heavy atom. The topological polar surface area (TPSA) is 66.8 Å². The monoisotopic (exact) mass is 369 g/mol. The number of para-hydroxylation sites is 1. The van der Waals surface area contributed by atoms with Gasteiger partial charge in [-0.2, -0.15) is 0 Å². The lowest BCUT2D eigenvalue weighted by Crippen LogP contribution is -2.42. The summed E-state index contributed by atoms with van der Waals surface area (Å²) in [6, 6.07) is 10.2. The summed E-state index contributed by atoms with van der Waals surface area (Å²) in [6.07, 6.45) is 1.15. The van der Waals surface area contributed by atoms with Crippen LogP contribution in [-0.2, 0) is 4.74 Å². The molecule has 6 heteroatoms. The number of fused-ring (bicyclic) bond motifs is 2. The Balaban J connectivity index is 1.42. The van der Waals surface area contributed by atoms with E-state index < -0.39 is 6.10 Å². The van der Waals surface area contributed by atoms with Crippen LogP contribution in [0.2, 0.25) is 0 Å². The summed E-state index contributed by atoms with van der Waals surface area (Å²) < 4.78 is 11.8. The molecule has 1 aliphatic carbocycles. The molecule has 0 amide bonds. The van der Waals surface area contributed by atoms with Gasteiger partial charge in [0.25, 0.3) is 0 Å². The molecule has 0 radical (unpaired) electrons. The number of aliphatic hydroxyl groups excluding tert-OH is 1. The second-order valence-electron chi connectivity index (χ2n) is 7.97. The Morgan fingerprint density at radius 3 is 2.74 bits per heavy atom. The fourth-order valence-corrected chi connectivity index (χ4v) is 4.72. The second-order valence-corrected chi connectivity index (χ2v) is 7.97. The maximum Gasteiger partial charge on any atom is 0.146 e. The van der Waals surface area contributed by atoms with Gasteiger partial charge in [-0.05, 0) is 56.0 Å². The van der Waals surface area contributed by atoms with Gasteiger partial charge in [-0.15, -0.1) is 0 Å². The molecule has 3 heterocycles. The summed E-state index contributed by atoms with van der Waals surface area (Å²) in [5.74, 6) is 2.92. The maximum absolute atomic E-state index is 10.6. The van der Waals surface area contributed by atoms with Crippen molar-refractivity contribution < 1.29 is 14.6 Å². The molecule has 6 nitrogen and oxygen atoms in total. The van der Waals surface area contributed by atoms with Crippen molar-refractivity contribution in [2.75, 3.05) is 44.3 Å². The summed E-state index contributed by atoms with van der Waals surface area (Å²) in [6.45, 7) is 5.25. The van der Waals surface area contributed by atoms with Crippen molar-refractivity contribution >= 4 is 16.7 Å². The molecule has 4 atom stereocenters. The Hall–Kier alpha value is -1.89. The molecule has 2 N–H and O–H groups in total. The van der Waals surface area contributed by atoms with Gasteiger partial charge in [0.2, 0.25) is 0 Å². The van der Waals surface area contributed by atoms with E-state index in [0.717, 1.165) is 74.7 Å². The molecule has 0 spiro atoms. The van der Waals surface area contributed by atoms with Gasteiger partial charge in [0, 0.05) is 18.5 Å². The summed E-state index contributed by atoms with van der Waals surface area (Å²) in [7, 11) is 0. The van der Waals surface area contributed by atoms with Crippen LogP contribution in [0.5, 0.6) is 5.75 Å². The smallest absolute Gasteiger partial charge is 0.146 e. The minimum absolute atomic E-state index is 0.161. The molecule has 3 fully saturated rings. The highest BCUT2D eigenvalue weighted by atomic mass is 16.5. The number of nitrogens with zero attached hydrogens (tertiary/aromatic N) is 2. The molecule has 2 saturated heterocycles. The first-order valence-electron chi connectivity index (χ1n) is 10.1. The number of benzene rings is 1. The molecule has 0 unspecified atom stereocenters. The lowest BCUT2D eigenvalue weighted by molar-refractivity contribution is -0.0225. The van der Waals surface area contributed by atoms with Crippen LogP contribution in [0.4, 0.5) is 5.82 Å². The minimum Gasteiger partial charge on any atom is -0.485 e. The van der Waals surface area contributed by atoms with Crippen LogP contribution < -0.4 is 15.0 Å². The van der Waals surface area contributed by atoms with E-state index in [1.807, 2.05) is 12.1 Å². The van der Waals surface area contributed by atoms with Crippen molar-refractivity contribution in [1.29, 1.82) is 0 Å². The summed E-state index contributed by atoms with van der Waals surface area (Å²) in [4.78, 5) is 7.16. The lowest BCUT2D eigenvalue weighted by atomic mass is 9.78. The number of nitrogens with one attached hydrogen (secondary N) is 1. The Bertz CT molecular complexity index is 808. The average molecular weight is 369 g/mol. The summed E-state index contributed by atoms with van der Waals surface area (Å²) in [5, 5.41) is 15.1. The van der Waals surface area contributed by atoms with E-state index in [-0.39, 0.29) is 6.10 Å². The molecule has 3 aliphatic rings. The molecule has 2 aliphatic heterocycles. The molecule has 2 aromatic rings. The first-order valence-corrected chi connectivity index (χ1v) is 10.1. The van der Waals surface area contributed by atoms with Crippen LogP contribution >= 0.6 is 0 Å². The third kappa shape index (κ3) is 3.37. The number of hydrogen-bond acceptors (Lipinski definition) is 6. The van der Waals surface area contributed by atoms with Gasteiger partial charge in [0.15, 0.2) is 0 Å². The van der Waals surface area contributed by atoms with E-state index in [9.17, 15) is 5.11 Å². The minimum atomic E-state index is -0.413. The van der Waals surface area contributed by atoms with Gasteiger partial charge in [-0.3, -0.25) is 0 Å². The normalized spacial score (nSPS) is 31.1. The largest absolute Gasteiger partial charge is 0.485 e. The van der Waals surface area contributed by atoms with Crippen LogP contribution in [-0.4, -0.2) is 61.7 Å². The van der Waals surface area contributed by atoms with E-state index >= 15 is 0 Å². The van der Waals surface area contributed by atoms with Gasteiger partial charge >= 0.3 is 0 Å². The zero-order valence-corrected chi connectivity index (χ0v) is 15.5. The van der Waals surface area contributed by atoms with Crippen molar-refractivity contribution in [2.45, 2.75) is 25.0 Å².